The molecule has 0 heterocycles. The van der Waals surface area contributed by atoms with Gasteiger partial charge in [-0.25, -0.2) is 4.79 Å². The number of hydrogen-bond acceptors (Lipinski definition) is 4. The maximum absolute atomic E-state index is 12.0. The number of carboxylic acid groups (broad SMARTS) is 1. The molecule has 3 rings (SSSR count). The highest BCUT2D eigenvalue weighted by Crippen LogP contribution is 2.41. The van der Waals surface area contributed by atoms with Crippen LogP contribution in [0.1, 0.15) is 77.4 Å². The van der Waals surface area contributed by atoms with E-state index >= 15 is 0 Å². The molecule has 0 saturated heterocycles. The summed E-state index contributed by atoms with van der Waals surface area (Å²) in [5.41, 5.74) is 8.23. The minimum absolute atomic E-state index is 0.0647. The zero-order chi connectivity index (χ0) is 26.6. The number of phenols is 1. The molecule has 5 heteroatoms. The summed E-state index contributed by atoms with van der Waals surface area (Å²) in [7, 11) is 0. The van der Waals surface area contributed by atoms with Crippen molar-refractivity contribution in [1.82, 2.24) is 0 Å². The molecular weight excluding hydrogens is 448 g/mol. The smallest absolute Gasteiger partial charge is 0.339 e. The average molecular weight is 489 g/mol. The normalized spacial score (nSPS) is 11.1. The molecule has 0 unspecified atom stereocenters. The molecule has 2 N–H and O–H groups in total. The second kappa shape index (κ2) is 11.5. The summed E-state index contributed by atoms with van der Waals surface area (Å²) >= 11 is 0. The Labute approximate surface area is 216 Å². The second-order valence-electron chi connectivity index (χ2n) is 9.40. The lowest BCUT2D eigenvalue weighted by Gasteiger charge is -2.29. The second-order valence-corrected chi connectivity index (χ2v) is 9.40. The van der Waals surface area contributed by atoms with Crippen molar-refractivity contribution in [3.8, 4) is 5.75 Å². The van der Waals surface area contributed by atoms with E-state index in [1.54, 1.807) is 13.0 Å². The quantitative estimate of drug-likeness (QED) is 0.304. The van der Waals surface area contributed by atoms with Gasteiger partial charge in [0.25, 0.3) is 0 Å². The molecule has 0 fully saturated rings. The van der Waals surface area contributed by atoms with Crippen LogP contribution in [0.5, 0.6) is 5.75 Å². The molecule has 0 atom stereocenters. The van der Waals surface area contributed by atoms with Gasteiger partial charge in [-0.1, -0.05) is 18.2 Å². The van der Waals surface area contributed by atoms with Crippen molar-refractivity contribution in [2.24, 2.45) is 0 Å². The molecule has 3 aromatic rings. The molecule has 36 heavy (non-hydrogen) atoms. The van der Waals surface area contributed by atoms with E-state index in [-0.39, 0.29) is 17.2 Å². The van der Waals surface area contributed by atoms with E-state index in [2.05, 4.69) is 87.7 Å². The molecule has 5 nitrogen and oxygen atoms in total. The summed E-state index contributed by atoms with van der Waals surface area (Å²) in [6.45, 7) is 18.2. The molecular formula is C31H40N2O3. The number of anilines is 2. The highest BCUT2D eigenvalue weighted by Gasteiger charge is 2.25. The number of carbonyl (C=O) groups is 1. The van der Waals surface area contributed by atoms with E-state index in [0.29, 0.717) is 5.56 Å². The van der Waals surface area contributed by atoms with Gasteiger partial charge in [0.2, 0.25) is 0 Å². The molecule has 0 saturated carbocycles. The molecule has 0 aliphatic rings. The fraction of sp³-hybridized carbons (Fsp3) is 0.387. The van der Waals surface area contributed by atoms with Crippen LogP contribution in [-0.4, -0.2) is 42.4 Å². The van der Waals surface area contributed by atoms with Gasteiger partial charge in [-0.2, -0.15) is 0 Å². The minimum atomic E-state index is -1.13. The SMILES string of the molecule is CCN(CC)c1ccc(C)c(C(c2cc(C)c(O)c(C(=O)O)c2)c2cc(N(CC)CC)ccc2C)c1. The Bertz CT molecular complexity index is 1170. The molecule has 0 bridgehead atoms. The fourth-order valence-electron chi connectivity index (χ4n) is 5.11. The molecule has 0 aliphatic carbocycles. The summed E-state index contributed by atoms with van der Waals surface area (Å²) in [4.78, 5) is 16.7. The van der Waals surface area contributed by atoms with Crippen LogP contribution < -0.4 is 9.80 Å². The topological polar surface area (TPSA) is 64.0 Å². The Morgan fingerprint density at radius 3 is 1.56 bits per heavy atom. The number of aromatic carboxylic acids is 1. The van der Waals surface area contributed by atoms with E-state index in [4.69, 9.17) is 0 Å². The van der Waals surface area contributed by atoms with Crippen LogP contribution in [0.4, 0.5) is 11.4 Å². The van der Waals surface area contributed by atoms with Crippen LogP contribution in [0.25, 0.3) is 0 Å². The maximum Gasteiger partial charge on any atom is 0.339 e. The van der Waals surface area contributed by atoms with Crippen molar-refractivity contribution < 1.29 is 15.0 Å². The molecule has 3 aromatic carbocycles. The van der Waals surface area contributed by atoms with E-state index < -0.39 is 5.97 Å². The number of benzene rings is 3. The number of nitrogens with zero attached hydrogens (tertiary/aromatic N) is 2. The predicted octanol–water partition coefficient (Wildman–Crippen LogP) is 6.89. The van der Waals surface area contributed by atoms with Crippen LogP contribution in [0, 0.1) is 20.8 Å². The Morgan fingerprint density at radius 2 is 1.17 bits per heavy atom. The minimum Gasteiger partial charge on any atom is -0.507 e. The van der Waals surface area contributed by atoms with Gasteiger partial charge in [0.15, 0.2) is 0 Å². The van der Waals surface area contributed by atoms with Crippen molar-refractivity contribution in [1.29, 1.82) is 0 Å². The number of aromatic hydroxyl groups is 1. The first kappa shape index (κ1) is 27.1. The lowest BCUT2D eigenvalue weighted by molar-refractivity contribution is 0.0693. The van der Waals surface area contributed by atoms with E-state index in [0.717, 1.165) is 65.4 Å². The Balaban J connectivity index is 2.37. The molecule has 0 aromatic heterocycles. The van der Waals surface area contributed by atoms with Gasteiger partial charge in [0.05, 0.1) is 0 Å². The van der Waals surface area contributed by atoms with Crippen molar-refractivity contribution >= 4 is 17.3 Å². The molecule has 192 valence electrons. The van der Waals surface area contributed by atoms with Crippen LogP contribution in [-0.2, 0) is 0 Å². The van der Waals surface area contributed by atoms with Crippen LogP contribution in [0.15, 0.2) is 48.5 Å². The van der Waals surface area contributed by atoms with Gasteiger partial charge in [0.1, 0.15) is 11.3 Å². The first-order valence-corrected chi connectivity index (χ1v) is 12.9. The Morgan fingerprint density at radius 1 is 0.722 bits per heavy atom. The lowest BCUT2D eigenvalue weighted by atomic mass is 9.79. The summed E-state index contributed by atoms with van der Waals surface area (Å²) in [6.07, 6.45) is 0. The highest BCUT2D eigenvalue weighted by molar-refractivity contribution is 5.91. The summed E-state index contributed by atoms with van der Waals surface area (Å²) in [5.74, 6) is -1.49. The fourth-order valence-corrected chi connectivity index (χ4v) is 5.11. The number of rotatable bonds is 10. The molecule has 0 spiro atoms. The maximum atomic E-state index is 12.0. The Kier molecular flexibility index (Phi) is 8.67. The van der Waals surface area contributed by atoms with Crippen molar-refractivity contribution in [2.45, 2.75) is 54.4 Å². The molecule has 0 radical (unpaired) electrons. The van der Waals surface area contributed by atoms with Crippen molar-refractivity contribution in [2.75, 3.05) is 36.0 Å². The summed E-state index contributed by atoms with van der Waals surface area (Å²) in [5, 5.41) is 20.3. The van der Waals surface area contributed by atoms with Crippen molar-refractivity contribution in [3.63, 3.8) is 0 Å². The predicted molar refractivity (Wildman–Crippen MR) is 150 cm³/mol. The van der Waals surface area contributed by atoms with Crippen LogP contribution in [0.3, 0.4) is 0 Å². The first-order valence-electron chi connectivity index (χ1n) is 12.9. The van der Waals surface area contributed by atoms with E-state index in [1.165, 1.54) is 0 Å². The van der Waals surface area contributed by atoms with Gasteiger partial charge in [0, 0.05) is 43.5 Å². The standard InChI is InChI=1S/C31H40N2O3/c1-8-32(9-2)24-14-12-20(5)26(18-24)29(23-16-22(7)30(34)28(17-23)31(35)36)27-19-25(15-13-21(27)6)33(10-3)11-4/h12-19,29,34H,8-11H2,1-7H3,(H,35,36). The highest BCUT2D eigenvalue weighted by atomic mass is 16.4. The van der Waals surface area contributed by atoms with Crippen LogP contribution >= 0.6 is 0 Å². The lowest BCUT2D eigenvalue weighted by Crippen LogP contribution is -2.23. The van der Waals surface area contributed by atoms with Gasteiger partial charge < -0.3 is 20.0 Å². The summed E-state index contributed by atoms with van der Waals surface area (Å²) < 4.78 is 0. The third kappa shape index (κ3) is 5.35. The zero-order valence-electron chi connectivity index (χ0n) is 22.7. The van der Waals surface area contributed by atoms with Crippen LogP contribution in [0.2, 0.25) is 0 Å². The van der Waals surface area contributed by atoms with E-state index in [9.17, 15) is 15.0 Å². The monoisotopic (exact) mass is 488 g/mol. The van der Waals surface area contributed by atoms with E-state index in [1.807, 2.05) is 6.07 Å². The number of carboxylic acids is 1. The van der Waals surface area contributed by atoms with Crippen molar-refractivity contribution in [3.05, 3.63) is 87.5 Å². The van der Waals surface area contributed by atoms with Gasteiger partial charge in [-0.15, -0.1) is 0 Å². The largest absolute Gasteiger partial charge is 0.507 e. The number of aryl methyl sites for hydroxylation is 3. The first-order chi connectivity index (χ1) is 17.2. The zero-order valence-corrected chi connectivity index (χ0v) is 22.7. The van der Waals surface area contributed by atoms with Gasteiger partial charge in [-0.05, 0) is 112 Å². The average Bonchev–Trinajstić information content (AvgIpc) is 2.86. The molecule has 0 aliphatic heterocycles. The third-order valence-corrected chi connectivity index (χ3v) is 7.29. The van der Waals surface area contributed by atoms with Gasteiger partial charge >= 0.3 is 5.97 Å². The molecule has 0 amide bonds. The summed E-state index contributed by atoms with van der Waals surface area (Å²) in [6, 6.07) is 16.7. The Hall–Kier alpha value is -3.47. The third-order valence-electron chi connectivity index (χ3n) is 7.29. The van der Waals surface area contributed by atoms with Gasteiger partial charge in [-0.3, -0.25) is 0 Å². The number of hydrogen-bond donors (Lipinski definition) is 2.